The van der Waals surface area contributed by atoms with Crippen molar-refractivity contribution < 1.29 is 13.9 Å². The molecule has 0 saturated carbocycles. The average molecular weight is 486 g/mol. The van der Waals surface area contributed by atoms with E-state index >= 15 is 0 Å². The maximum Gasteiger partial charge on any atom is 0.274 e. The molecular formula is C24H29F2N7O2. The third-order valence-corrected chi connectivity index (χ3v) is 6.92. The van der Waals surface area contributed by atoms with E-state index in [1.807, 2.05) is 6.07 Å². The number of anilines is 3. The fraction of sp³-hybridized carbons (Fsp3) is 0.500. The molecule has 0 aliphatic carbocycles. The largest absolute Gasteiger partial charge is 0.394 e. The minimum absolute atomic E-state index is 0.0163. The molecule has 0 amide bonds. The lowest BCUT2D eigenvalue weighted by molar-refractivity contribution is 0.0813. The van der Waals surface area contributed by atoms with Crippen LogP contribution in [-0.4, -0.2) is 68.2 Å². The molecule has 5 rings (SSSR count). The summed E-state index contributed by atoms with van der Waals surface area (Å²) in [6, 6.07) is 3.53. The predicted molar refractivity (Wildman–Crippen MR) is 129 cm³/mol. The molecule has 0 bridgehead atoms. The van der Waals surface area contributed by atoms with Crippen LogP contribution in [-0.2, 0) is 20.0 Å². The second-order valence-electron chi connectivity index (χ2n) is 9.19. The highest BCUT2D eigenvalue weighted by Gasteiger charge is 2.26. The molecule has 35 heavy (non-hydrogen) atoms. The van der Waals surface area contributed by atoms with Gasteiger partial charge in [0.05, 0.1) is 19.2 Å². The molecule has 0 aromatic carbocycles. The standard InChI is InChI=1S/C24H29F2N7O2/c1-31-19-6-9-32(13-20(25)26)12-16(19)10-18(23(31)35)29-24-28-11-15-5-7-27-22(21(15)30-24)33-8-3-2-4-17(33)14-34/h5,7,10-11,17,20,34H,2-4,6,8-9,12-14H2,1H3,(H,28,29,30). The summed E-state index contributed by atoms with van der Waals surface area (Å²) in [5, 5.41) is 13.7. The summed E-state index contributed by atoms with van der Waals surface area (Å²) in [5.74, 6) is 0.939. The molecule has 1 saturated heterocycles. The summed E-state index contributed by atoms with van der Waals surface area (Å²) in [7, 11) is 1.70. The Morgan fingerprint density at radius 2 is 2.11 bits per heavy atom. The number of rotatable bonds is 6. The van der Waals surface area contributed by atoms with Gasteiger partial charge in [-0.25, -0.2) is 23.7 Å². The van der Waals surface area contributed by atoms with Crippen LogP contribution in [0, 0.1) is 0 Å². The highest BCUT2D eigenvalue weighted by atomic mass is 19.3. The molecule has 0 spiro atoms. The van der Waals surface area contributed by atoms with Crippen LogP contribution in [0.25, 0.3) is 10.9 Å². The Labute approximate surface area is 201 Å². The third kappa shape index (κ3) is 4.70. The van der Waals surface area contributed by atoms with Gasteiger partial charge in [-0.2, -0.15) is 0 Å². The van der Waals surface area contributed by atoms with E-state index in [-0.39, 0.29) is 30.7 Å². The maximum absolute atomic E-state index is 13.0. The first kappa shape index (κ1) is 23.6. The SMILES string of the molecule is Cn1c2c(cc(Nc3ncc4ccnc(N5CCCCC5CO)c4n3)c1=O)CN(CC(F)F)CC2. The highest BCUT2D eigenvalue weighted by Crippen LogP contribution is 2.29. The maximum atomic E-state index is 13.0. The molecule has 2 N–H and O–H groups in total. The smallest absolute Gasteiger partial charge is 0.274 e. The van der Waals surface area contributed by atoms with Crippen LogP contribution in [0.15, 0.2) is 29.3 Å². The molecule has 1 atom stereocenters. The van der Waals surface area contributed by atoms with E-state index in [1.54, 1.807) is 35.0 Å². The van der Waals surface area contributed by atoms with Crippen LogP contribution in [0.3, 0.4) is 0 Å². The lowest BCUT2D eigenvalue weighted by Gasteiger charge is -2.35. The fourth-order valence-electron chi connectivity index (χ4n) is 5.13. The Morgan fingerprint density at radius 3 is 2.91 bits per heavy atom. The van der Waals surface area contributed by atoms with Gasteiger partial charge in [0.1, 0.15) is 11.2 Å². The fourth-order valence-corrected chi connectivity index (χ4v) is 5.13. The molecule has 2 aliphatic rings. The number of pyridine rings is 2. The van der Waals surface area contributed by atoms with Crippen molar-refractivity contribution in [3.63, 3.8) is 0 Å². The van der Waals surface area contributed by atoms with Gasteiger partial charge in [0.2, 0.25) is 5.95 Å². The van der Waals surface area contributed by atoms with Crippen molar-refractivity contribution in [3.05, 3.63) is 46.1 Å². The van der Waals surface area contributed by atoms with E-state index in [9.17, 15) is 18.7 Å². The van der Waals surface area contributed by atoms with E-state index in [0.29, 0.717) is 36.5 Å². The molecule has 3 aromatic heterocycles. The second-order valence-corrected chi connectivity index (χ2v) is 9.19. The molecule has 9 nitrogen and oxygen atoms in total. The molecule has 3 aromatic rings. The van der Waals surface area contributed by atoms with E-state index in [1.165, 1.54) is 0 Å². The number of fused-ring (bicyclic) bond motifs is 2. The van der Waals surface area contributed by atoms with Crippen molar-refractivity contribution in [2.45, 2.75) is 44.7 Å². The van der Waals surface area contributed by atoms with Gasteiger partial charge in [0, 0.05) is 56.6 Å². The molecule has 0 radical (unpaired) electrons. The van der Waals surface area contributed by atoms with Crippen LogP contribution in [0.4, 0.5) is 26.2 Å². The summed E-state index contributed by atoms with van der Waals surface area (Å²) in [4.78, 5) is 30.5. The zero-order valence-corrected chi connectivity index (χ0v) is 19.6. The lowest BCUT2D eigenvalue weighted by Crippen LogP contribution is -2.42. The van der Waals surface area contributed by atoms with Crippen LogP contribution in [0.1, 0.15) is 30.5 Å². The molecule has 186 valence electrons. The van der Waals surface area contributed by atoms with Crippen molar-refractivity contribution in [2.75, 3.05) is 36.5 Å². The molecule has 11 heteroatoms. The highest BCUT2D eigenvalue weighted by molar-refractivity contribution is 5.89. The van der Waals surface area contributed by atoms with Crippen molar-refractivity contribution in [2.24, 2.45) is 7.05 Å². The number of hydrogen-bond acceptors (Lipinski definition) is 8. The first-order chi connectivity index (χ1) is 16.9. The van der Waals surface area contributed by atoms with Gasteiger partial charge in [-0.15, -0.1) is 0 Å². The quantitative estimate of drug-likeness (QED) is 0.549. The van der Waals surface area contributed by atoms with Gasteiger partial charge in [-0.1, -0.05) is 0 Å². The van der Waals surface area contributed by atoms with Crippen LogP contribution >= 0.6 is 0 Å². The number of aliphatic hydroxyl groups is 1. The van der Waals surface area contributed by atoms with Crippen LogP contribution < -0.4 is 15.8 Å². The summed E-state index contributed by atoms with van der Waals surface area (Å²) in [6.45, 7) is 1.38. The van der Waals surface area contributed by atoms with Gasteiger partial charge >= 0.3 is 0 Å². The number of halogens is 2. The summed E-state index contributed by atoms with van der Waals surface area (Å²) in [6.07, 6.45) is 4.49. The predicted octanol–water partition coefficient (Wildman–Crippen LogP) is 2.44. The Bertz CT molecular complexity index is 1280. The normalized spacial score (nSPS) is 18.8. The molecule has 2 aliphatic heterocycles. The molecule has 1 fully saturated rings. The minimum Gasteiger partial charge on any atom is -0.394 e. The van der Waals surface area contributed by atoms with Gasteiger partial charge < -0.3 is 19.9 Å². The molecule has 5 heterocycles. The topological polar surface area (TPSA) is 99.4 Å². The van der Waals surface area contributed by atoms with Crippen molar-refractivity contribution >= 4 is 28.4 Å². The van der Waals surface area contributed by atoms with E-state index in [4.69, 9.17) is 0 Å². The van der Waals surface area contributed by atoms with Crippen LogP contribution in [0.5, 0.6) is 0 Å². The first-order valence-electron chi connectivity index (χ1n) is 11.9. The second kappa shape index (κ2) is 9.82. The number of aliphatic hydroxyl groups excluding tert-OH is 1. The number of piperidine rings is 1. The molecular weight excluding hydrogens is 456 g/mol. The van der Waals surface area contributed by atoms with E-state index in [2.05, 4.69) is 25.2 Å². The van der Waals surface area contributed by atoms with Gasteiger partial charge in [0.15, 0.2) is 5.82 Å². The van der Waals surface area contributed by atoms with Gasteiger partial charge in [0.25, 0.3) is 12.0 Å². The lowest BCUT2D eigenvalue weighted by atomic mass is 10.0. The number of alkyl halides is 2. The first-order valence-corrected chi connectivity index (χ1v) is 11.9. The van der Waals surface area contributed by atoms with Crippen molar-refractivity contribution in [1.82, 2.24) is 24.4 Å². The Morgan fingerprint density at radius 1 is 1.26 bits per heavy atom. The van der Waals surface area contributed by atoms with Gasteiger partial charge in [-0.3, -0.25) is 9.69 Å². The Hall–Kier alpha value is -3.18. The Balaban J connectivity index is 1.48. The average Bonchev–Trinajstić information content (AvgIpc) is 2.86. The summed E-state index contributed by atoms with van der Waals surface area (Å²) in [5.41, 5.74) is 2.41. The van der Waals surface area contributed by atoms with Crippen molar-refractivity contribution in [1.29, 1.82) is 0 Å². The van der Waals surface area contributed by atoms with E-state index in [0.717, 1.165) is 42.5 Å². The summed E-state index contributed by atoms with van der Waals surface area (Å²) < 4.78 is 27.4. The minimum atomic E-state index is -2.40. The molecule has 1 unspecified atom stereocenters. The van der Waals surface area contributed by atoms with Crippen LogP contribution in [0.2, 0.25) is 0 Å². The Kier molecular flexibility index (Phi) is 6.61. The number of hydrogen-bond donors (Lipinski definition) is 2. The third-order valence-electron chi connectivity index (χ3n) is 6.92. The zero-order chi connectivity index (χ0) is 24.5. The monoisotopic (exact) mass is 485 g/mol. The number of nitrogens with zero attached hydrogens (tertiary/aromatic N) is 6. The summed E-state index contributed by atoms with van der Waals surface area (Å²) >= 11 is 0. The van der Waals surface area contributed by atoms with Gasteiger partial charge in [-0.05, 0) is 37.0 Å². The number of aromatic nitrogens is 4. The number of nitrogens with one attached hydrogen (secondary N) is 1. The van der Waals surface area contributed by atoms with E-state index < -0.39 is 6.43 Å². The van der Waals surface area contributed by atoms with Crippen molar-refractivity contribution in [3.8, 4) is 0 Å². The zero-order valence-electron chi connectivity index (χ0n) is 19.6.